The second-order valence-corrected chi connectivity index (χ2v) is 6.83. The highest BCUT2D eigenvalue weighted by Crippen LogP contribution is 2.30. The Balaban J connectivity index is 0.00000196. The molecule has 138 valence electrons. The molecule has 4 rings (SSSR count). The normalized spacial score (nSPS) is 14.7. The average Bonchev–Trinajstić information content (AvgIpc) is 3.35. The van der Waals surface area contributed by atoms with Gasteiger partial charge in [0.2, 0.25) is 0 Å². The third-order valence-electron chi connectivity index (χ3n) is 4.28. The monoisotopic (exact) mass is 373 g/mol. The molecule has 1 aliphatic carbocycles. The Morgan fingerprint density at radius 2 is 1.85 bits per heavy atom. The molecule has 6 heteroatoms. The minimum Gasteiger partial charge on any atom is -0.493 e. The van der Waals surface area contributed by atoms with E-state index in [0.29, 0.717) is 6.61 Å². The number of nitrogens with zero attached hydrogens (tertiary/aromatic N) is 2. The SMILES string of the molecule is C[C@H](N)COc1ccc(-n2cc3ccc(OCC4CC4)cc3n2)cc1.Cl. The molecule has 0 saturated heterocycles. The Kier molecular flexibility index (Phi) is 5.69. The van der Waals surface area contributed by atoms with E-state index in [1.165, 1.54) is 12.8 Å². The summed E-state index contributed by atoms with van der Waals surface area (Å²) in [5.41, 5.74) is 7.63. The summed E-state index contributed by atoms with van der Waals surface area (Å²) >= 11 is 0. The van der Waals surface area contributed by atoms with Gasteiger partial charge in [-0.25, -0.2) is 4.68 Å². The van der Waals surface area contributed by atoms with Gasteiger partial charge >= 0.3 is 0 Å². The molecule has 0 amide bonds. The van der Waals surface area contributed by atoms with Gasteiger partial charge in [0.15, 0.2) is 0 Å². The molecule has 1 saturated carbocycles. The zero-order chi connectivity index (χ0) is 17.2. The number of halogens is 1. The fourth-order valence-electron chi connectivity index (χ4n) is 2.64. The lowest BCUT2D eigenvalue weighted by Gasteiger charge is -2.09. The van der Waals surface area contributed by atoms with E-state index in [9.17, 15) is 0 Å². The molecule has 1 aromatic heterocycles. The highest BCUT2D eigenvalue weighted by molar-refractivity contribution is 5.85. The van der Waals surface area contributed by atoms with E-state index in [1.54, 1.807) is 0 Å². The van der Waals surface area contributed by atoms with Gasteiger partial charge in [-0.3, -0.25) is 0 Å². The van der Waals surface area contributed by atoms with Crippen molar-refractivity contribution in [2.75, 3.05) is 13.2 Å². The largest absolute Gasteiger partial charge is 0.493 e. The van der Waals surface area contributed by atoms with Crippen LogP contribution < -0.4 is 15.2 Å². The fraction of sp³-hybridized carbons (Fsp3) is 0.350. The van der Waals surface area contributed by atoms with Crippen molar-refractivity contribution < 1.29 is 9.47 Å². The van der Waals surface area contributed by atoms with E-state index >= 15 is 0 Å². The van der Waals surface area contributed by atoms with Gasteiger partial charge in [0.1, 0.15) is 18.1 Å². The van der Waals surface area contributed by atoms with E-state index in [4.69, 9.17) is 15.2 Å². The number of nitrogens with two attached hydrogens (primary N) is 1. The van der Waals surface area contributed by atoms with Crippen LogP contribution in [0.1, 0.15) is 19.8 Å². The van der Waals surface area contributed by atoms with E-state index in [-0.39, 0.29) is 18.4 Å². The van der Waals surface area contributed by atoms with Crippen LogP contribution in [-0.2, 0) is 0 Å². The lowest BCUT2D eigenvalue weighted by atomic mass is 10.2. The van der Waals surface area contributed by atoms with Gasteiger partial charge in [-0.05, 0) is 62.1 Å². The number of fused-ring (bicyclic) bond motifs is 1. The Morgan fingerprint density at radius 3 is 2.54 bits per heavy atom. The Morgan fingerprint density at radius 1 is 1.12 bits per heavy atom. The van der Waals surface area contributed by atoms with Crippen molar-refractivity contribution in [1.29, 1.82) is 0 Å². The van der Waals surface area contributed by atoms with Crippen LogP contribution in [-0.4, -0.2) is 29.0 Å². The second kappa shape index (κ2) is 7.98. The van der Waals surface area contributed by atoms with Crippen LogP contribution in [0.5, 0.6) is 11.5 Å². The molecule has 0 radical (unpaired) electrons. The van der Waals surface area contributed by atoms with E-state index < -0.39 is 0 Å². The Labute approximate surface area is 159 Å². The number of hydrogen-bond acceptors (Lipinski definition) is 4. The van der Waals surface area contributed by atoms with Crippen molar-refractivity contribution in [3.63, 3.8) is 0 Å². The first kappa shape index (κ1) is 18.5. The fourth-order valence-corrected chi connectivity index (χ4v) is 2.64. The van der Waals surface area contributed by atoms with Crippen molar-refractivity contribution in [1.82, 2.24) is 9.78 Å². The number of rotatable bonds is 7. The molecule has 0 spiro atoms. The van der Waals surface area contributed by atoms with E-state index in [1.807, 2.05) is 54.2 Å². The van der Waals surface area contributed by atoms with Crippen molar-refractivity contribution >= 4 is 23.3 Å². The van der Waals surface area contributed by atoms with Gasteiger partial charge in [0.25, 0.3) is 0 Å². The van der Waals surface area contributed by atoms with E-state index in [2.05, 4.69) is 11.2 Å². The van der Waals surface area contributed by atoms with Gasteiger partial charge in [-0.15, -0.1) is 12.4 Å². The maximum absolute atomic E-state index is 5.84. The van der Waals surface area contributed by atoms with Crippen LogP contribution in [0.25, 0.3) is 16.6 Å². The number of ether oxygens (including phenoxy) is 2. The Hall–Kier alpha value is -2.24. The van der Waals surface area contributed by atoms with Gasteiger partial charge in [0, 0.05) is 23.7 Å². The summed E-state index contributed by atoms with van der Waals surface area (Å²) in [6.45, 7) is 3.25. The zero-order valence-corrected chi connectivity index (χ0v) is 15.6. The van der Waals surface area contributed by atoms with Gasteiger partial charge in [-0.1, -0.05) is 0 Å². The summed E-state index contributed by atoms with van der Waals surface area (Å²) < 4.78 is 13.3. The second-order valence-electron chi connectivity index (χ2n) is 6.83. The predicted octanol–water partition coefficient (Wildman–Crippen LogP) is 3.96. The van der Waals surface area contributed by atoms with Crippen molar-refractivity contribution in [2.24, 2.45) is 11.7 Å². The summed E-state index contributed by atoms with van der Waals surface area (Å²) in [7, 11) is 0. The first-order chi connectivity index (χ1) is 12.2. The molecule has 2 N–H and O–H groups in total. The van der Waals surface area contributed by atoms with E-state index in [0.717, 1.165) is 40.6 Å². The van der Waals surface area contributed by atoms with Crippen LogP contribution in [0.15, 0.2) is 48.7 Å². The molecular weight excluding hydrogens is 350 g/mol. The zero-order valence-electron chi connectivity index (χ0n) is 14.8. The maximum atomic E-state index is 5.84. The molecule has 1 atom stereocenters. The quantitative estimate of drug-likeness (QED) is 0.680. The molecular formula is C20H24ClN3O2. The van der Waals surface area contributed by atoms with Crippen LogP contribution in [0, 0.1) is 5.92 Å². The van der Waals surface area contributed by atoms with Crippen molar-refractivity contribution in [3.8, 4) is 17.2 Å². The topological polar surface area (TPSA) is 62.3 Å². The molecule has 26 heavy (non-hydrogen) atoms. The number of aromatic nitrogens is 2. The van der Waals surface area contributed by atoms with Crippen molar-refractivity contribution in [3.05, 3.63) is 48.7 Å². The van der Waals surface area contributed by atoms with Crippen molar-refractivity contribution in [2.45, 2.75) is 25.8 Å². The average molecular weight is 374 g/mol. The summed E-state index contributed by atoms with van der Waals surface area (Å²) in [4.78, 5) is 0. The minimum atomic E-state index is 0. The van der Waals surface area contributed by atoms with Gasteiger partial charge in [-0.2, -0.15) is 5.10 Å². The summed E-state index contributed by atoms with van der Waals surface area (Å²) in [5, 5.41) is 5.76. The lowest BCUT2D eigenvalue weighted by molar-refractivity contribution is 0.296. The highest BCUT2D eigenvalue weighted by atomic mass is 35.5. The summed E-state index contributed by atoms with van der Waals surface area (Å²) in [5.74, 6) is 2.45. The first-order valence-electron chi connectivity index (χ1n) is 8.78. The standard InChI is InChI=1S/C20H23N3O2.ClH/c1-14(21)12-24-18-8-5-17(6-9-18)23-11-16-4-7-19(10-20(16)22-23)25-13-15-2-3-15;/h4-11,14-15H,2-3,12-13,21H2,1H3;1H/t14-;/m0./s1. The minimum absolute atomic E-state index is 0. The molecule has 5 nitrogen and oxygen atoms in total. The Bertz CT molecular complexity index is 857. The molecule has 0 bridgehead atoms. The summed E-state index contributed by atoms with van der Waals surface area (Å²) in [6.07, 6.45) is 4.61. The first-order valence-corrected chi connectivity index (χ1v) is 8.78. The predicted molar refractivity (Wildman–Crippen MR) is 106 cm³/mol. The van der Waals surface area contributed by atoms with Crippen LogP contribution in [0.4, 0.5) is 0 Å². The van der Waals surface area contributed by atoms with Gasteiger partial charge < -0.3 is 15.2 Å². The molecule has 1 aliphatic rings. The summed E-state index contributed by atoms with van der Waals surface area (Å²) in [6, 6.07) is 14.0. The smallest absolute Gasteiger partial charge is 0.121 e. The third kappa shape index (κ3) is 4.48. The molecule has 1 heterocycles. The highest BCUT2D eigenvalue weighted by Gasteiger charge is 2.21. The van der Waals surface area contributed by atoms with Crippen LogP contribution >= 0.6 is 12.4 Å². The molecule has 0 unspecified atom stereocenters. The van der Waals surface area contributed by atoms with Crippen LogP contribution in [0.2, 0.25) is 0 Å². The molecule has 0 aliphatic heterocycles. The number of hydrogen-bond donors (Lipinski definition) is 1. The van der Waals surface area contributed by atoms with Gasteiger partial charge in [0.05, 0.1) is 17.8 Å². The maximum Gasteiger partial charge on any atom is 0.121 e. The number of benzene rings is 2. The molecule has 3 aromatic rings. The third-order valence-corrected chi connectivity index (χ3v) is 4.28. The molecule has 2 aromatic carbocycles. The lowest BCUT2D eigenvalue weighted by Crippen LogP contribution is -2.23. The van der Waals surface area contributed by atoms with Crippen LogP contribution in [0.3, 0.4) is 0 Å². The molecule has 1 fully saturated rings.